The van der Waals surface area contributed by atoms with Crippen molar-refractivity contribution in [2.45, 2.75) is 56.9 Å². The van der Waals surface area contributed by atoms with Gasteiger partial charge >= 0.3 is 0 Å². The Hall–Kier alpha value is -2.73. The van der Waals surface area contributed by atoms with E-state index in [1.165, 1.54) is 30.6 Å². The van der Waals surface area contributed by atoms with Crippen LogP contribution in [0.3, 0.4) is 0 Å². The van der Waals surface area contributed by atoms with Crippen LogP contribution in [0.1, 0.15) is 72.1 Å². The lowest BCUT2D eigenvalue weighted by Gasteiger charge is -2.39. The Morgan fingerprint density at radius 1 is 0.969 bits per heavy atom. The molecule has 2 aromatic rings. The second-order valence-electron chi connectivity index (χ2n) is 9.38. The molecule has 1 fully saturated rings. The molecule has 1 aliphatic heterocycles. The van der Waals surface area contributed by atoms with Gasteiger partial charge in [-0.1, -0.05) is 49.9 Å². The fourth-order valence-electron chi connectivity index (χ4n) is 5.20. The molecule has 6 nitrogen and oxygen atoms in total. The summed E-state index contributed by atoms with van der Waals surface area (Å²) in [5.74, 6) is -0.565. The van der Waals surface area contributed by atoms with Crippen molar-refractivity contribution >= 4 is 28.5 Å². The lowest BCUT2D eigenvalue weighted by Crippen LogP contribution is -2.52. The van der Waals surface area contributed by atoms with Crippen molar-refractivity contribution in [3.63, 3.8) is 0 Å². The molecule has 0 atom stereocenters. The monoisotopic (exact) mass is 435 g/mol. The molecule has 32 heavy (non-hydrogen) atoms. The lowest BCUT2D eigenvalue weighted by atomic mass is 9.88. The minimum Gasteiger partial charge on any atom is -0.354 e. The molecular weight excluding hydrogens is 402 g/mol. The molecule has 0 bridgehead atoms. The molecule has 0 saturated heterocycles. The average Bonchev–Trinajstić information content (AvgIpc) is 3.05. The summed E-state index contributed by atoms with van der Waals surface area (Å²) < 4.78 is 0. The van der Waals surface area contributed by atoms with E-state index in [2.05, 4.69) is 24.3 Å². The van der Waals surface area contributed by atoms with Crippen LogP contribution in [0.2, 0.25) is 0 Å². The van der Waals surface area contributed by atoms with Crippen LogP contribution in [-0.4, -0.2) is 60.2 Å². The second kappa shape index (κ2) is 9.41. The molecule has 4 rings (SSSR count). The van der Waals surface area contributed by atoms with Gasteiger partial charge in [0.05, 0.1) is 0 Å². The third-order valence-corrected chi connectivity index (χ3v) is 7.24. The number of benzene rings is 2. The highest BCUT2D eigenvalue weighted by atomic mass is 16.2. The second-order valence-corrected chi connectivity index (χ2v) is 9.38. The van der Waals surface area contributed by atoms with Gasteiger partial charge < -0.3 is 10.2 Å². The molecule has 0 unspecified atom stereocenters. The quantitative estimate of drug-likeness (QED) is 0.527. The molecule has 3 amide bonds. The zero-order valence-electron chi connectivity index (χ0n) is 19.2. The van der Waals surface area contributed by atoms with Crippen molar-refractivity contribution in [2.24, 2.45) is 0 Å². The Morgan fingerprint density at radius 3 is 2.12 bits per heavy atom. The topological polar surface area (TPSA) is 69.7 Å². The highest BCUT2D eigenvalue weighted by molar-refractivity contribution is 6.25. The number of amides is 3. The molecule has 2 aliphatic rings. The van der Waals surface area contributed by atoms with Crippen LogP contribution in [-0.2, 0) is 4.79 Å². The number of imide groups is 1. The summed E-state index contributed by atoms with van der Waals surface area (Å²) in [7, 11) is 4.20. The van der Waals surface area contributed by atoms with Crippen LogP contribution in [0.25, 0.3) is 10.8 Å². The Morgan fingerprint density at radius 2 is 1.56 bits per heavy atom. The first kappa shape index (κ1) is 22.5. The van der Waals surface area contributed by atoms with Gasteiger partial charge in [0.2, 0.25) is 5.91 Å². The van der Waals surface area contributed by atoms with Gasteiger partial charge in [-0.2, -0.15) is 0 Å². The van der Waals surface area contributed by atoms with Crippen LogP contribution >= 0.6 is 0 Å². The van der Waals surface area contributed by atoms with E-state index in [0.717, 1.165) is 23.6 Å². The average molecular weight is 436 g/mol. The molecule has 6 heteroatoms. The van der Waals surface area contributed by atoms with E-state index in [0.29, 0.717) is 30.5 Å². The largest absolute Gasteiger partial charge is 0.354 e. The third kappa shape index (κ3) is 4.29. The van der Waals surface area contributed by atoms with E-state index in [4.69, 9.17) is 0 Å². The maximum absolute atomic E-state index is 13.0. The van der Waals surface area contributed by atoms with Crippen molar-refractivity contribution in [1.82, 2.24) is 15.1 Å². The lowest BCUT2D eigenvalue weighted by molar-refractivity contribution is -0.121. The smallest absolute Gasteiger partial charge is 0.261 e. The van der Waals surface area contributed by atoms with Gasteiger partial charge in [-0.15, -0.1) is 0 Å². The normalized spacial score (nSPS) is 18.2. The summed E-state index contributed by atoms with van der Waals surface area (Å²) in [6.45, 7) is 0.893. The number of nitrogens with one attached hydrogen (secondary N) is 1. The molecule has 2 aromatic carbocycles. The first-order valence-electron chi connectivity index (χ1n) is 11.7. The summed E-state index contributed by atoms with van der Waals surface area (Å²) in [4.78, 5) is 42.1. The minimum absolute atomic E-state index is 0.0186. The summed E-state index contributed by atoms with van der Waals surface area (Å²) in [6.07, 6.45) is 7.87. The van der Waals surface area contributed by atoms with Crippen LogP contribution in [0.5, 0.6) is 0 Å². The van der Waals surface area contributed by atoms with Crippen LogP contribution < -0.4 is 5.32 Å². The van der Waals surface area contributed by atoms with Gasteiger partial charge in [-0.3, -0.25) is 19.3 Å². The third-order valence-electron chi connectivity index (χ3n) is 7.24. The van der Waals surface area contributed by atoms with Crippen LogP contribution in [0.4, 0.5) is 0 Å². The number of hydrogen-bond acceptors (Lipinski definition) is 4. The highest BCUT2D eigenvalue weighted by Gasteiger charge is 2.34. The Labute approximate surface area is 189 Å². The van der Waals surface area contributed by atoms with Crippen molar-refractivity contribution in [1.29, 1.82) is 0 Å². The van der Waals surface area contributed by atoms with Crippen molar-refractivity contribution < 1.29 is 14.4 Å². The van der Waals surface area contributed by atoms with E-state index < -0.39 is 0 Å². The zero-order chi connectivity index (χ0) is 22.7. The van der Waals surface area contributed by atoms with E-state index in [1.54, 1.807) is 12.1 Å². The summed E-state index contributed by atoms with van der Waals surface area (Å²) in [5.41, 5.74) is 1.14. The Kier molecular flexibility index (Phi) is 6.60. The number of carbonyl (C=O) groups excluding carboxylic acids is 3. The summed E-state index contributed by atoms with van der Waals surface area (Å²) in [6, 6.07) is 11.1. The molecule has 1 heterocycles. The Balaban J connectivity index is 1.35. The maximum atomic E-state index is 13.0. The number of hydrogen-bond donors (Lipinski definition) is 1. The SMILES string of the molecule is CN(C)C1(CNC(=O)CCCN2C(=O)c3cccc4cccc(c34)C2=O)CCCCCC1. The van der Waals surface area contributed by atoms with Gasteiger partial charge in [0, 0.05) is 41.6 Å². The van der Waals surface area contributed by atoms with Crippen LogP contribution in [0.15, 0.2) is 36.4 Å². The van der Waals surface area contributed by atoms with E-state index in [9.17, 15) is 14.4 Å². The molecule has 0 aromatic heterocycles. The summed E-state index contributed by atoms with van der Waals surface area (Å²) in [5, 5.41) is 4.76. The van der Waals surface area contributed by atoms with Gasteiger partial charge in [-0.05, 0) is 50.9 Å². The number of likely N-dealkylation sites (N-methyl/N-ethyl adjacent to an activating group) is 1. The fraction of sp³-hybridized carbons (Fsp3) is 0.500. The van der Waals surface area contributed by atoms with Crippen molar-refractivity contribution in [2.75, 3.05) is 27.2 Å². The van der Waals surface area contributed by atoms with Crippen molar-refractivity contribution in [3.05, 3.63) is 47.5 Å². The molecule has 170 valence electrons. The van der Waals surface area contributed by atoms with Gasteiger partial charge in [0.15, 0.2) is 0 Å². The Bertz CT molecular complexity index is 971. The maximum Gasteiger partial charge on any atom is 0.261 e. The first-order chi connectivity index (χ1) is 15.4. The molecule has 1 saturated carbocycles. The molecule has 0 spiro atoms. The fourth-order valence-corrected chi connectivity index (χ4v) is 5.20. The molecule has 1 aliphatic carbocycles. The number of nitrogens with zero attached hydrogens (tertiary/aromatic N) is 2. The molecule has 1 N–H and O–H groups in total. The highest BCUT2D eigenvalue weighted by Crippen LogP contribution is 2.31. The standard InChI is InChI=1S/C26H33N3O3/c1-28(2)26(15-5-3-4-6-16-26)18-27-22(30)14-9-17-29-24(31)20-12-7-10-19-11-8-13-21(23(19)20)25(29)32/h7-8,10-13H,3-6,9,14-18H2,1-2H3,(H,27,30). The van der Waals surface area contributed by atoms with Crippen molar-refractivity contribution in [3.8, 4) is 0 Å². The van der Waals surface area contributed by atoms with E-state index >= 15 is 0 Å². The molecule has 0 radical (unpaired) electrons. The van der Waals surface area contributed by atoms with E-state index in [-0.39, 0.29) is 29.8 Å². The van der Waals surface area contributed by atoms with E-state index in [1.807, 2.05) is 24.3 Å². The van der Waals surface area contributed by atoms with Crippen LogP contribution in [0, 0.1) is 0 Å². The first-order valence-corrected chi connectivity index (χ1v) is 11.7. The predicted molar refractivity (Wildman–Crippen MR) is 126 cm³/mol. The minimum atomic E-state index is -0.273. The summed E-state index contributed by atoms with van der Waals surface area (Å²) >= 11 is 0. The van der Waals surface area contributed by atoms with Gasteiger partial charge in [0.1, 0.15) is 0 Å². The van der Waals surface area contributed by atoms with Gasteiger partial charge in [-0.25, -0.2) is 0 Å². The number of rotatable bonds is 7. The number of carbonyl (C=O) groups is 3. The zero-order valence-corrected chi connectivity index (χ0v) is 19.2. The predicted octanol–water partition coefficient (Wildman–Crippen LogP) is 3.99. The molecular formula is C26H33N3O3. The van der Waals surface area contributed by atoms with Gasteiger partial charge in [0.25, 0.3) is 11.8 Å².